The summed E-state index contributed by atoms with van der Waals surface area (Å²) in [4.78, 5) is 39.8. The molecule has 0 aliphatic rings. The second-order valence-corrected chi connectivity index (χ2v) is 12.1. The number of nitrogens with one attached hydrogen (secondary N) is 1. The average molecular weight is 650 g/mol. The van der Waals surface area contributed by atoms with Gasteiger partial charge in [0.1, 0.15) is 23.2 Å². The summed E-state index contributed by atoms with van der Waals surface area (Å²) in [5.41, 5.74) is 7.07. The third kappa shape index (κ3) is 13.5. The lowest BCUT2D eigenvalue weighted by molar-refractivity contribution is 0.0237. The minimum absolute atomic E-state index is 0.134. The van der Waals surface area contributed by atoms with Gasteiger partial charge in [0, 0.05) is 19.5 Å². The van der Waals surface area contributed by atoms with E-state index in [4.69, 9.17) is 29.4 Å². The summed E-state index contributed by atoms with van der Waals surface area (Å²) in [5, 5.41) is 2.95. The normalized spacial score (nSPS) is 12.3. The molecule has 0 spiro atoms. The fourth-order valence-electron chi connectivity index (χ4n) is 4.85. The molecular weight excluding hydrogens is 602 g/mol. The number of carbonyl (C=O) groups excluding carboxylic acids is 3. The molecule has 0 aliphatic carbocycles. The smallest absolute Gasteiger partial charge is 0.410 e. The first-order chi connectivity index (χ1) is 22.5. The number of carbonyl (C=O) groups is 3. The Balaban J connectivity index is 1.91. The largest absolute Gasteiger partial charge is 0.497 e. The highest BCUT2D eigenvalue weighted by Crippen LogP contribution is 2.21. The molecule has 2 atom stereocenters. The number of primary amides is 1. The first-order valence-corrected chi connectivity index (χ1v) is 15.6. The topological polar surface area (TPSA) is 139 Å². The van der Waals surface area contributed by atoms with Gasteiger partial charge in [-0.3, -0.25) is 4.90 Å². The predicted molar refractivity (Wildman–Crippen MR) is 178 cm³/mol. The van der Waals surface area contributed by atoms with E-state index in [1.54, 1.807) is 39.9 Å². The first-order valence-electron chi connectivity index (χ1n) is 15.6. The van der Waals surface area contributed by atoms with Crippen LogP contribution in [0.5, 0.6) is 11.5 Å². The summed E-state index contributed by atoms with van der Waals surface area (Å²) in [5.74, 6) is 1.41. The highest BCUT2D eigenvalue weighted by atomic mass is 16.6. The lowest BCUT2D eigenvalue weighted by atomic mass is 9.97. The molecule has 0 bridgehead atoms. The van der Waals surface area contributed by atoms with Crippen molar-refractivity contribution in [3.8, 4) is 11.5 Å². The molecule has 3 N–H and O–H groups in total. The average Bonchev–Trinajstić information content (AvgIpc) is 3.03. The van der Waals surface area contributed by atoms with Crippen LogP contribution in [-0.2, 0) is 33.7 Å². The Morgan fingerprint density at radius 1 is 0.787 bits per heavy atom. The monoisotopic (exact) mass is 649 g/mol. The summed E-state index contributed by atoms with van der Waals surface area (Å²) in [6, 6.07) is 23.9. The van der Waals surface area contributed by atoms with Gasteiger partial charge < -0.3 is 34.7 Å². The van der Waals surface area contributed by atoms with Gasteiger partial charge in [-0.05, 0) is 81.0 Å². The van der Waals surface area contributed by atoms with Crippen molar-refractivity contribution in [3.05, 3.63) is 95.6 Å². The minimum Gasteiger partial charge on any atom is -0.497 e. The molecule has 1 unspecified atom stereocenters. The van der Waals surface area contributed by atoms with Crippen LogP contribution in [0.1, 0.15) is 56.7 Å². The SMILES string of the molecule is COc1ccc(CN(Cc2ccc(OC)cc2)C(=O)OC(Cc2ccccc2)[C@H](CCCCOC(N)=O)NC(=O)OC(C)(C)C)cc1. The van der Waals surface area contributed by atoms with Gasteiger partial charge in [0.25, 0.3) is 0 Å². The maximum Gasteiger partial charge on any atom is 0.410 e. The lowest BCUT2D eigenvalue weighted by Crippen LogP contribution is -2.49. The summed E-state index contributed by atoms with van der Waals surface area (Å²) in [6.45, 7) is 6.00. The quantitative estimate of drug-likeness (QED) is 0.131. The fraction of sp³-hybridized carbons (Fsp3) is 0.417. The number of methoxy groups -OCH3 is 2. The zero-order valence-electron chi connectivity index (χ0n) is 27.9. The van der Waals surface area contributed by atoms with Crippen molar-refractivity contribution in [3.63, 3.8) is 0 Å². The van der Waals surface area contributed by atoms with Gasteiger partial charge >= 0.3 is 18.3 Å². The van der Waals surface area contributed by atoms with Crippen molar-refractivity contribution in [2.24, 2.45) is 5.73 Å². The van der Waals surface area contributed by atoms with Crippen LogP contribution in [0.25, 0.3) is 0 Å². The molecule has 0 aliphatic heterocycles. The third-order valence-corrected chi connectivity index (χ3v) is 7.16. The zero-order chi connectivity index (χ0) is 34.2. The van der Waals surface area contributed by atoms with E-state index in [1.165, 1.54) is 0 Å². The Hall–Kier alpha value is -4.93. The van der Waals surface area contributed by atoms with Gasteiger partial charge in [-0.25, -0.2) is 14.4 Å². The number of rotatable bonds is 16. The third-order valence-electron chi connectivity index (χ3n) is 7.16. The summed E-state index contributed by atoms with van der Waals surface area (Å²) in [6.07, 6.45) is -0.973. The predicted octanol–water partition coefficient (Wildman–Crippen LogP) is 6.61. The van der Waals surface area contributed by atoms with E-state index >= 15 is 0 Å². The molecule has 0 heterocycles. The molecule has 0 fully saturated rings. The van der Waals surface area contributed by atoms with Crippen LogP contribution in [0.15, 0.2) is 78.9 Å². The molecule has 0 saturated heterocycles. The molecule has 3 aromatic rings. The number of nitrogens with zero attached hydrogens (tertiary/aromatic N) is 1. The van der Waals surface area contributed by atoms with E-state index < -0.39 is 36.0 Å². The Morgan fingerprint density at radius 2 is 1.34 bits per heavy atom. The van der Waals surface area contributed by atoms with Crippen LogP contribution in [0.4, 0.5) is 14.4 Å². The second-order valence-electron chi connectivity index (χ2n) is 12.1. The molecule has 0 aromatic heterocycles. The van der Waals surface area contributed by atoms with Crippen LogP contribution < -0.4 is 20.5 Å². The molecular formula is C36H47N3O8. The second kappa shape index (κ2) is 18.3. The van der Waals surface area contributed by atoms with Gasteiger partial charge in [0.05, 0.1) is 26.9 Å². The van der Waals surface area contributed by atoms with Gasteiger partial charge in [-0.15, -0.1) is 0 Å². The van der Waals surface area contributed by atoms with Crippen molar-refractivity contribution in [1.82, 2.24) is 10.2 Å². The van der Waals surface area contributed by atoms with E-state index in [-0.39, 0.29) is 19.7 Å². The summed E-state index contributed by atoms with van der Waals surface area (Å²) in [7, 11) is 3.20. The maximum atomic E-state index is 14.1. The standard InChI is InChI=1S/C36H47N3O8/c1-36(2,3)47-34(41)38-31(13-9-10-22-45-33(37)40)32(23-26-11-7-6-8-12-26)46-35(42)39(24-27-14-18-29(43-4)19-15-27)25-28-16-20-30(44-5)21-17-28/h6-8,11-12,14-21,31-32H,9-10,13,22-25H2,1-5H3,(H2,37,40)(H,38,41)/t31-,32?/m0/s1. The molecule has 254 valence electrons. The van der Waals surface area contributed by atoms with Gasteiger partial charge in [0.15, 0.2) is 0 Å². The summed E-state index contributed by atoms with van der Waals surface area (Å²) >= 11 is 0. The van der Waals surface area contributed by atoms with Crippen LogP contribution in [0.3, 0.4) is 0 Å². The number of alkyl carbamates (subject to hydrolysis) is 1. The van der Waals surface area contributed by atoms with Crippen molar-refractivity contribution < 1.29 is 38.1 Å². The molecule has 0 radical (unpaired) electrons. The van der Waals surface area contributed by atoms with E-state index in [1.807, 2.05) is 78.9 Å². The Labute approximate surface area is 277 Å². The van der Waals surface area contributed by atoms with Gasteiger partial charge in [0.2, 0.25) is 0 Å². The van der Waals surface area contributed by atoms with E-state index in [9.17, 15) is 14.4 Å². The molecule has 11 nitrogen and oxygen atoms in total. The number of hydrogen-bond acceptors (Lipinski definition) is 8. The molecule has 3 rings (SSSR count). The number of unbranched alkanes of at least 4 members (excludes halogenated alkanes) is 1. The highest BCUT2D eigenvalue weighted by molar-refractivity contribution is 5.69. The number of nitrogens with two attached hydrogens (primary N) is 1. The number of benzene rings is 3. The van der Waals surface area contributed by atoms with Gasteiger partial charge in [-0.1, -0.05) is 54.6 Å². The van der Waals surface area contributed by atoms with E-state index in [0.717, 1.165) is 16.7 Å². The van der Waals surface area contributed by atoms with Crippen molar-refractivity contribution >= 4 is 18.3 Å². The maximum absolute atomic E-state index is 14.1. The molecule has 0 saturated carbocycles. The van der Waals surface area contributed by atoms with Crippen LogP contribution in [0.2, 0.25) is 0 Å². The lowest BCUT2D eigenvalue weighted by Gasteiger charge is -2.32. The van der Waals surface area contributed by atoms with Crippen molar-refractivity contribution in [1.29, 1.82) is 0 Å². The van der Waals surface area contributed by atoms with Crippen LogP contribution in [0, 0.1) is 0 Å². The van der Waals surface area contributed by atoms with Gasteiger partial charge in [-0.2, -0.15) is 0 Å². The highest BCUT2D eigenvalue weighted by Gasteiger charge is 2.31. The Kier molecular flexibility index (Phi) is 14.2. The fourth-order valence-corrected chi connectivity index (χ4v) is 4.85. The first kappa shape index (κ1) is 36.5. The van der Waals surface area contributed by atoms with Crippen LogP contribution in [-0.4, -0.2) is 61.8 Å². The van der Waals surface area contributed by atoms with Crippen molar-refractivity contribution in [2.45, 2.75) is 77.3 Å². The zero-order valence-corrected chi connectivity index (χ0v) is 27.9. The Morgan fingerprint density at radius 3 is 1.83 bits per heavy atom. The summed E-state index contributed by atoms with van der Waals surface area (Å²) < 4.78 is 27.4. The molecule has 3 amide bonds. The Bertz CT molecular complexity index is 1340. The number of hydrogen-bond donors (Lipinski definition) is 2. The number of amides is 3. The molecule has 11 heteroatoms. The minimum atomic E-state index is -0.849. The van der Waals surface area contributed by atoms with E-state index in [0.29, 0.717) is 37.2 Å². The van der Waals surface area contributed by atoms with Crippen molar-refractivity contribution in [2.75, 3.05) is 20.8 Å². The number of ether oxygens (including phenoxy) is 5. The molecule has 47 heavy (non-hydrogen) atoms. The van der Waals surface area contributed by atoms with Crippen LogP contribution >= 0.6 is 0 Å². The van der Waals surface area contributed by atoms with E-state index in [2.05, 4.69) is 5.32 Å². The molecule has 3 aromatic carbocycles.